The van der Waals surface area contributed by atoms with E-state index in [1.165, 1.54) is 24.4 Å². The summed E-state index contributed by atoms with van der Waals surface area (Å²) in [5, 5.41) is 6.14. The molecule has 0 bridgehead atoms. The zero-order chi connectivity index (χ0) is 28.9. The molecule has 0 atom stereocenters. The summed E-state index contributed by atoms with van der Waals surface area (Å²) in [6.45, 7) is 12.4. The predicted octanol–water partition coefficient (Wildman–Crippen LogP) is 6.55. The van der Waals surface area contributed by atoms with Gasteiger partial charge in [0.1, 0.15) is 17.1 Å². The van der Waals surface area contributed by atoms with Crippen LogP contribution in [0.1, 0.15) is 35.3 Å². The summed E-state index contributed by atoms with van der Waals surface area (Å²) in [7, 11) is 0. The van der Waals surface area contributed by atoms with E-state index in [0.29, 0.717) is 11.7 Å². The topological polar surface area (TPSA) is 82.6 Å². The normalized spacial score (nSPS) is 13.8. The number of nitrogens with one attached hydrogen (secondary N) is 2. The molecule has 0 spiro atoms. The molecule has 0 saturated carbocycles. The highest BCUT2D eigenvalue weighted by molar-refractivity contribution is 6.06. The first-order chi connectivity index (χ1) is 19.8. The van der Waals surface area contributed by atoms with Crippen LogP contribution in [0, 0.1) is 19.7 Å². The predicted molar refractivity (Wildman–Crippen MR) is 161 cm³/mol. The lowest BCUT2D eigenvalue weighted by atomic mass is 10.1. The Labute approximate surface area is 240 Å². The van der Waals surface area contributed by atoms with Gasteiger partial charge >= 0.3 is 0 Å². The number of aromatic nitrogens is 2. The molecule has 0 unspecified atom stereocenters. The Morgan fingerprint density at radius 3 is 2.29 bits per heavy atom. The lowest BCUT2D eigenvalue weighted by Gasteiger charge is -2.38. The molecule has 0 aliphatic carbocycles. The van der Waals surface area contributed by atoms with Gasteiger partial charge in [-0.25, -0.2) is 9.37 Å². The fourth-order valence-corrected chi connectivity index (χ4v) is 4.88. The van der Waals surface area contributed by atoms with Crippen LogP contribution >= 0.6 is 0 Å². The number of rotatable bonds is 8. The summed E-state index contributed by atoms with van der Waals surface area (Å²) in [5.74, 6) is -0.406. The number of anilines is 4. The van der Waals surface area contributed by atoms with Crippen LogP contribution in [-0.2, 0) is 0 Å². The van der Waals surface area contributed by atoms with E-state index >= 15 is 0 Å². The quantitative estimate of drug-likeness (QED) is 0.256. The van der Waals surface area contributed by atoms with Crippen LogP contribution in [0.4, 0.5) is 27.4 Å². The first-order valence-electron chi connectivity index (χ1n) is 13.8. The molecule has 2 N–H and O–H groups in total. The van der Waals surface area contributed by atoms with Gasteiger partial charge in [0, 0.05) is 61.5 Å². The highest BCUT2D eigenvalue weighted by atomic mass is 19.1. The SMILES string of the molecule is Cc1cccc(C)c1NC(=O)c1cnc(Nc2ccc(N3CCN(C(C)C)CC3)cc2)nc1Oc1cccc(F)c1. The summed E-state index contributed by atoms with van der Waals surface area (Å²) < 4.78 is 19.8. The molecule has 0 radical (unpaired) electrons. The third kappa shape index (κ3) is 6.81. The zero-order valence-corrected chi connectivity index (χ0v) is 23.8. The van der Waals surface area contributed by atoms with Crippen molar-refractivity contribution >= 4 is 28.9 Å². The monoisotopic (exact) mass is 554 g/mol. The molecule has 212 valence electrons. The van der Waals surface area contributed by atoms with Crippen molar-refractivity contribution in [3.8, 4) is 11.6 Å². The molecule has 2 heterocycles. The Balaban J connectivity index is 1.36. The first-order valence-corrected chi connectivity index (χ1v) is 13.8. The second-order valence-electron chi connectivity index (χ2n) is 10.5. The van der Waals surface area contributed by atoms with Crippen molar-refractivity contribution in [1.82, 2.24) is 14.9 Å². The first kappa shape index (κ1) is 28.0. The van der Waals surface area contributed by atoms with Crippen molar-refractivity contribution in [1.29, 1.82) is 0 Å². The van der Waals surface area contributed by atoms with Crippen molar-refractivity contribution < 1.29 is 13.9 Å². The van der Waals surface area contributed by atoms with E-state index in [2.05, 4.69) is 56.4 Å². The van der Waals surface area contributed by atoms with Crippen LogP contribution < -0.4 is 20.3 Å². The van der Waals surface area contributed by atoms with E-state index in [-0.39, 0.29) is 23.1 Å². The van der Waals surface area contributed by atoms with E-state index < -0.39 is 11.7 Å². The summed E-state index contributed by atoms with van der Waals surface area (Å²) in [6.07, 6.45) is 1.41. The zero-order valence-electron chi connectivity index (χ0n) is 23.8. The summed E-state index contributed by atoms with van der Waals surface area (Å²) in [5.41, 5.74) is 4.64. The molecule has 4 aromatic rings. The molecule has 8 nitrogen and oxygen atoms in total. The minimum absolute atomic E-state index is 0.0106. The number of hydrogen-bond acceptors (Lipinski definition) is 7. The van der Waals surface area contributed by atoms with Gasteiger partial charge in [-0.15, -0.1) is 0 Å². The lowest BCUT2D eigenvalue weighted by Crippen LogP contribution is -2.48. The highest BCUT2D eigenvalue weighted by Crippen LogP contribution is 2.28. The van der Waals surface area contributed by atoms with E-state index in [1.807, 2.05) is 44.2 Å². The number of hydrogen-bond donors (Lipinski definition) is 2. The number of aryl methyl sites for hydroxylation is 2. The molecule has 1 saturated heterocycles. The molecule has 1 aliphatic heterocycles. The number of ether oxygens (including phenoxy) is 1. The molecule has 5 rings (SSSR count). The maximum atomic E-state index is 13.9. The number of benzene rings is 3. The van der Waals surface area contributed by atoms with Gasteiger partial charge in [-0.3, -0.25) is 9.69 Å². The van der Waals surface area contributed by atoms with Crippen LogP contribution in [0.3, 0.4) is 0 Å². The fourth-order valence-electron chi connectivity index (χ4n) is 4.88. The number of amides is 1. The van der Waals surface area contributed by atoms with Gasteiger partial charge in [0.05, 0.1) is 0 Å². The molecule has 9 heteroatoms. The second kappa shape index (κ2) is 12.3. The Hall–Kier alpha value is -4.50. The summed E-state index contributed by atoms with van der Waals surface area (Å²) in [6, 6.07) is 20.1. The Kier molecular flexibility index (Phi) is 8.45. The minimum atomic E-state index is -0.456. The number of para-hydroxylation sites is 1. The lowest BCUT2D eigenvalue weighted by molar-refractivity contribution is 0.102. The van der Waals surface area contributed by atoms with Gasteiger partial charge in [-0.1, -0.05) is 24.3 Å². The van der Waals surface area contributed by atoms with Crippen molar-refractivity contribution in [2.75, 3.05) is 41.7 Å². The molecule has 1 aromatic heterocycles. The largest absolute Gasteiger partial charge is 0.438 e. The van der Waals surface area contributed by atoms with Gasteiger partial charge < -0.3 is 20.3 Å². The summed E-state index contributed by atoms with van der Waals surface area (Å²) in [4.78, 5) is 27.1. The Morgan fingerprint density at radius 2 is 1.63 bits per heavy atom. The van der Waals surface area contributed by atoms with Crippen LogP contribution in [0.15, 0.2) is 72.9 Å². The molecular weight excluding hydrogens is 519 g/mol. The molecule has 41 heavy (non-hydrogen) atoms. The van der Waals surface area contributed by atoms with Gasteiger partial charge in [-0.05, 0) is 75.2 Å². The number of halogens is 1. The molecule has 3 aromatic carbocycles. The third-order valence-corrected chi connectivity index (χ3v) is 7.26. The standard InChI is InChI=1S/C32H35FN6O2/c1-21(2)38-15-17-39(18-16-38)26-13-11-25(12-14-26)35-32-34-20-28(30(40)36-29-22(3)7-5-8-23(29)4)31(37-32)41-27-10-6-9-24(33)19-27/h5-14,19-21H,15-18H2,1-4H3,(H,36,40)(H,34,35,37). The van der Waals surface area contributed by atoms with E-state index in [4.69, 9.17) is 4.74 Å². The van der Waals surface area contributed by atoms with Gasteiger partial charge in [0.2, 0.25) is 11.8 Å². The van der Waals surface area contributed by atoms with E-state index in [1.54, 1.807) is 6.07 Å². The Morgan fingerprint density at radius 1 is 0.951 bits per heavy atom. The van der Waals surface area contributed by atoms with Gasteiger partial charge in [-0.2, -0.15) is 4.98 Å². The molecule has 1 amide bonds. The Bertz CT molecular complexity index is 1500. The van der Waals surface area contributed by atoms with Gasteiger partial charge in [0.25, 0.3) is 5.91 Å². The molecule has 1 aliphatic rings. The van der Waals surface area contributed by atoms with Crippen LogP contribution in [-0.4, -0.2) is 53.0 Å². The average molecular weight is 555 g/mol. The maximum Gasteiger partial charge on any atom is 0.262 e. The van der Waals surface area contributed by atoms with Crippen molar-refractivity contribution in [3.05, 3.63) is 95.4 Å². The smallest absolute Gasteiger partial charge is 0.262 e. The maximum absolute atomic E-state index is 13.9. The van der Waals surface area contributed by atoms with Gasteiger partial charge in [0.15, 0.2) is 0 Å². The van der Waals surface area contributed by atoms with Crippen molar-refractivity contribution in [2.45, 2.75) is 33.7 Å². The molecule has 1 fully saturated rings. The van der Waals surface area contributed by atoms with Crippen LogP contribution in [0.5, 0.6) is 11.6 Å². The third-order valence-electron chi connectivity index (χ3n) is 7.26. The number of carbonyl (C=O) groups is 1. The van der Waals surface area contributed by atoms with Crippen molar-refractivity contribution in [3.63, 3.8) is 0 Å². The highest BCUT2D eigenvalue weighted by Gasteiger charge is 2.21. The minimum Gasteiger partial charge on any atom is -0.438 e. The summed E-state index contributed by atoms with van der Waals surface area (Å²) >= 11 is 0. The van der Waals surface area contributed by atoms with Crippen LogP contribution in [0.25, 0.3) is 0 Å². The number of carbonyl (C=O) groups excluding carboxylic acids is 1. The van der Waals surface area contributed by atoms with Crippen LogP contribution in [0.2, 0.25) is 0 Å². The van der Waals surface area contributed by atoms with E-state index in [9.17, 15) is 9.18 Å². The number of piperazine rings is 1. The second-order valence-corrected chi connectivity index (χ2v) is 10.5. The van der Waals surface area contributed by atoms with E-state index in [0.717, 1.165) is 48.7 Å². The fraction of sp³-hybridized carbons (Fsp3) is 0.281. The number of nitrogens with zero attached hydrogens (tertiary/aromatic N) is 4. The van der Waals surface area contributed by atoms with Crippen molar-refractivity contribution in [2.24, 2.45) is 0 Å². The molecular formula is C32H35FN6O2. The average Bonchev–Trinajstić information content (AvgIpc) is 2.96.